The monoisotopic (exact) mass is 852 g/mol. The second-order valence-corrected chi connectivity index (χ2v) is 15.2. The fourth-order valence-electron chi connectivity index (χ4n) is 7.22. The smallest absolute Gasteiger partial charge is 0.337 e. The number of hydrogen-bond donors (Lipinski definition) is 2. The average molecular weight is 853 g/mol. The second kappa shape index (κ2) is 20.9. The summed E-state index contributed by atoms with van der Waals surface area (Å²) in [7, 11) is 10.4. The van der Waals surface area contributed by atoms with Crippen molar-refractivity contribution in [2.45, 2.75) is 13.1 Å². The topological polar surface area (TPSA) is 142 Å². The summed E-state index contributed by atoms with van der Waals surface area (Å²) in [5.41, 5.74) is 4.38. The molecule has 328 valence electrons. The molecule has 2 aliphatic heterocycles. The zero-order chi connectivity index (χ0) is 44.3. The standard InChI is InChI=1S/C23H26FN5O3.C17H16FN3O2.C5H12N2/c1-26-9-11-28(12-10-26)23(31)29(20-6-4-5-17-14-25-27(2)21(17)20)15-18-8-7-16(13-19(18)24)22(30)32-3;1-21-16-13(10-20-21)4-3-5-15(16)19-9-12-7-6-11(8-14(12)18)17(22)23-2;1-7-4-2-6-3-5-7/h4-8,13-14H,9-12,15H2,1-3H3;3-8,10,19H,9H2,1-2H3;6H,2-5H2,1H3. The summed E-state index contributed by atoms with van der Waals surface area (Å²) < 4.78 is 41.8. The molecule has 2 fully saturated rings. The third-order valence-corrected chi connectivity index (χ3v) is 10.9. The van der Waals surface area contributed by atoms with E-state index in [4.69, 9.17) is 0 Å². The Morgan fingerprint density at radius 1 is 0.694 bits per heavy atom. The van der Waals surface area contributed by atoms with E-state index in [1.165, 1.54) is 45.5 Å². The zero-order valence-electron chi connectivity index (χ0n) is 36.0. The van der Waals surface area contributed by atoms with Crippen LogP contribution >= 0.6 is 0 Å². The van der Waals surface area contributed by atoms with Gasteiger partial charge in [-0.05, 0) is 50.5 Å². The Balaban J connectivity index is 0.000000185. The minimum atomic E-state index is -0.611. The number of carbonyl (C=O) groups excluding carboxylic acids is 3. The molecular formula is C45H54F2N10O5. The van der Waals surface area contributed by atoms with Crippen LogP contribution in [0, 0.1) is 11.6 Å². The van der Waals surface area contributed by atoms with E-state index >= 15 is 0 Å². The van der Waals surface area contributed by atoms with Gasteiger partial charge in [0, 0.05) is 94.9 Å². The summed E-state index contributed by atoms with van der Waals surface area (Å²) >= 11 is 0. The molecule has 17 heteroatoms. The number of esters is 2. The van der Waals surface area contributed by atoms with Crippen molar-refractivity contribution in [2.75, 3.05) is 90.9 Å². The lowest BCUT2D eigenvalue weighted by atomic mass is 10.1. The number of methoxy groups -OCH3 is 2. The molecule has 0 radical (unpaired) electrons. The molecule has 2 amide bonds. The van der Waals surface area contributed by atoms with Crippen LogP contribution in [-0.4, -0.2) is 133 Å². The Morgan fingerprint density at radius 3 is 1.77 bits per heavy atom. The van der Waals surface area contributed by atoms with Crippen molar-refractivity contribution < 1.29 is 32.6 Å². The normalized spacial score (nSPS) is 14.4. The van der Waals surface area contributed by atoms with Crippen molar-refractivity contribution in [3.63, 3.8) is 0 Å². The van der Waals surface area contributed by atoms with Crippen LogP contribution in [0.15, 0.2) is 85.2 Å². The summed E-state index contributed by atoms with van der Waals surface area (Å²) in [4.78, 5) is 44.6. The van der Waals surface area contributed by atoms with Crippen molar-refractivity contribution in [1.82, 2.24) is 39.6 Å². The van der Waals surface area contributed by atoms with Crippen molar-refractivity contribution in [2.24, 2.45) is 14.1 Å². The lowest BCUT2D eigenvalue weighted by Crippen LogP contribution is -2.52. The van der Waals surface area contributed by atoms with Crippen LogP contribution in [0.5, 0.6) is 0 Å². The molecule has 4 heterocycles. The van der Waals surface area contributed by atoms with E-state index in [1.54, 1.807) is 43.7 Å². The number of benzene rings is 4. The number of piperazine rings is 2. The van der Waals surface area contributed by atoms with Crippen LogP contribution < -0.4 is 15.5 Å². The largest absolute Gasteiger partial charge is 0.465 e. The Morgan fingerprint density at radius 2 is 1.23 bits per heavy atom. The number of nitrogens with zero attached hydrogens (tertiary/aromatic N) is 8. The van der Waals surface area contributed by atoms with Gasteiger partial charge >= 0.3 is 18.0 Å². The minimum Gasteiger partial charge on any atom is -0.465 e. The van der Waals surface area contributed by atoms with E-state index in [2.05, 4.69) is 47.2 Å². The molecule has 0 aliphatic carbocycles. The molecule has 2 aromatic heterocycles. The highest BCUT2D eigenvalue weighted by molar-refractivity contribution is 6.01. The summed E-state index contributed by atoms with van der Waals surface area (Å²) in [6.07, 6.45) is 3.52. The summed E-state index contributed by atoms with van der Waals surface area (Å²) in [5.74, 6) is -2.18. The van der Waals surface area contributed by atoms with Gasteiger partial charge in [-0.25, -0.2) is 23.2 Å². The van der Waals surface area contributed by atoms with Crippen LogP contribution in [0.25, 0.3) is 21.8 Å². The first-order chi connectivity index (χ1) is 29.9. The van der Waals surface area contributed by atoms with Gasteiger partial charge in [-0.3, -0.25) is 14.3 Å². The Bertz CT molecular complexity index is 2490. The number of rotatable bonds is 8. The summed E-state index contributed by atoms with van der Waals surface area (Å²) in [6, 6.07) is 19.8. The highest BCUT2D eigenvalue weighted by atomic mass is 19.1. The van der Waals surface area contributed by atoms with Gasteiger partial charge in [0.25, 0.3) is 0 Å². The van der Waals surface area contributed by atoms with Gasteiger partial charge in [0.05, 0.1) is 66.7 Å². The molecule has 8 rings (SSSR count). The number of aromatic nitrogens is 4. The molecule has 2 saturated heterocycles. The zero-order valence-corrected chi connectivity index (χ0v) is 36.0. The summed E-state index contributed by atoms with van der Waals surface area (Å²) in [6.45, 7) is 7.80. The first-order valence-electron chi connectivity index (χ1n) is 20.3. The molecule has 15 nitrogen and oxygen atoms in total. The van der Waals surface area contributed by atoms with E-state index in [0.717, 1.165) is 59.7 Å². The van der Waals surface area contributed by atoms with Gasteiger partial charge in [0.1, 0.15) is 11.6 Å². The quantitative estimate of drug-likeness (QED) is 0.188. The fourth-order valence-corrected chi connectivity index (χ4v) is 7.22. The van der Waals surface area contributed by atoms with E-state index in [0.29, 0.717) is 36.4 Å². The van der Waals surface area contributed by atoms with Gasteiger partial charge < -0.3 is 34.8 Å². The number of aryl methyl sites for hydroxylation is 2. The highest BCUT2D eigenvalue weighted by Crippen LogP contribution is 2.30. The second-order valence-electron chi connectivity index (χ2n) is 15.2. The van der Waals surface area contributed by atoms with Crippen LogP contribution in [0.3, 0.4) is 0 Å². The van der Waals surface area contributed by atoms with Gasteiger partial charge in [-0.1, -0.05) is 36.4 Å². The van der Waals surface area contributed by atoms with Gasteiger partial charge in [0.15, 0.2) is 0 Å². The molecule has 2 N–H and O–H groups in total. The maximum Gasteiger partial charge on any atom is 0.337 e. The number of para-hydroxylation sites is 2. The van der Waals surface area contributed by atoms with Crippen LogP contribution in [0.1, 0.15) is 31.8 Å². The Labute approximate surface area is 359 Å². The van der Waals surface area contributed by atoms with Gasteiger partial charge in [-0.2, -0.15) is 10.2 Å². The Kier molecular flexibility index (Phi) is 15.2. The van der Waals surface area contributed by atoms with Gasteiger partial charge in [0.2, 0.25) is 0 Å². The number of anilines is 2. The number of hydrogen-bond acceptors (Lipinski definition) is 11. The van der Waals surface area contributed by atoms with E-state index < -0.39 is 23.6 Å². The molecule has 62 heavy (non-hydrogen) atoms. The number of ether oxygens (including phenoxy) is 2. The predicted molar refractivity (Wildman–Crippen MR) is 235 cm³/mol. The number of halogens is 2. The SMILES string of the molecule is CN1CCNCC1.COC(=O)c1ccc(CN(C(=O)N2CCN(C)CC2)c2cccc3cnn(C)c23)c(F)c1.COC(=O)c1ccc(CNc2cccc3cnn(C)c23)c(F)c1. The van der Waals surface area contributed by atoms with Crippen LogP contribution in [-0.2, 0) is 36.7 Å². The Hall–Kier alpha value is -6.43. The highest BCUT2D eigenvalue weighted by Gasteiger charge is 2.28. The van der Waals surface area contributed by atoms with Crippen LogP contribution in [0.2, 0.25) is 0 Å². The molecule has 0 unspecified atom stereocenters. The molecule has 0 atom stereocenters. The maximum absolute atomic E-state index is 14.9. The molecule has 6 aromatic rings. The summed E-state index contributed by atoms with van der Waals surface area (Å²) in [5, 5.41) is 16.9. The number of carbonyl (C=O) groups is 3. The first-order valence-corrected chi connectivity index (χ1v) is 20.3. The van der Waals surface area contributed by atoms with Gasteiger partial charge in [-0.15, -0.1) is 0 Å². The number of nitrogens with one attached hydrogen (secondary N) is 2. The minimum absolute atomic E-state index is 0.0166. The van der Waals surface area contributed by atoms with Crippen molar-refractivity contribution in [3.8, 4) is 0 Å². The molecule has 0 bridgehead atoms. The predicted octanol–water partition coefficient (Wildman–Crippen LogP) is 5.51. The lowest BCUT2D eigenvalue weighted by Gasteiger charge is -2.36. The number of amides is 2. The average Bonchev–Trinajstić information content (AvgIpc) is 3.87. The maximum atomic E-state index is 14.9. The number of urea groups is 1. The third-order valence-electron chi connectivity index (χ3n) is 10.9. The van der Waals surface area contributed by atoms with E-state index in [1.807, 2.05) is 57.5 Å². The molecule has 0 saturated carbocycles. The van der Waals surface area contributed by atoms with Crippen LogP contribution in [0.4, 0.5) is 25.0 Å². The molecule has 4 aromatic carbocycles. The van der Waals surface area contributed by atoms with E-state index in [9.17, 15) is 23.2 Å². The first kappa shape index (κ1) is 45.1. The molecule has 2 aliphatic rings. The number of likely N-dealkylation sites (N-methyl/N-ethyl adjacent to an activating group) is 2. The third kappa shape index (κ3) is 10.9. The number of fused-ring (bicyclic) bond motifs is 2. The van der Waals surface area contributed by atoms with Crippen molar-refractivity contribution >= 4 is 51.2 Å². The lowest BCUT2D eigenvalue weighted by molar-refractivity contribution is 0.0591. The molecular weight excluding hydrogens is 799 g/mol. The van der Waals surface area contributed by atoms with Crippen molar-refractivity contribution in [1.29, 1.82) is 0 Å². The van der Waals surface area contributed by atoms with E-state index in [-0.39, 0.29) is 23.7 Å². The fraction of sp³-hybridized carbons (Fsp3) is 0.356. The molecule has 0 spiro atoms. The van der Waals surface area contributed by atoms with Crippen molar-refractivity contribution in [3.05, 3.63) is 119 Å².